The molecule has 0 bridgehead atoms. The minimum absolute atomic E-state index is 0.122. The van der Waals surface area contributed by atoms with Crippen LogP contribution in [0.4, 0.5) is 4.79 Å². The highest BCUT2D eigenvalue weighted by molar-refractivity contribution is 9.10. The lowest BCUT2D eigenvalue weighted by molar-refractivity contribution is -0.0652. The predicted octanol–water partition coefficient (Wildman–Crippen LogP) is 5.25. The SMILES string of the molecule is CCO[C@@H]1Cc2cc(Br)ccc2[C@H]1N1CCN(C2(C)CCN(C(=O)OC(C)(C)C)CC2)CC1C. The van der Waals surface area contributed by atoms with Crippen LogP contribution in [-0.4, -0.2) is 83.4 Å². The second kappa shape index (κ2) is 10.1. The number of fused-ring (bicyclic) bond motifs is 1. The quantitative estimate of drug-likeness (QED) is 0.526. The zero-order valence-electron chi connectivity index (χ0n) is 21.8. The molecule has 190 valence electrons. The number of halogens is 1. The highest BCUT2D eigenvalue weighted by atomic mass is 79.9. The fraction of sp³-hybridized carbons (Fsp3) is 0.741. The summed E-state index contributed by atoms with van der Waals surface area (Å²) in [6.45, 7) is 18.0. The molecule has 3 atom stereocenters. The van der Waals surface area contributed by atoms with Gasteiger partial charge in [0.2, 0.25) is 0 Å². The number of hydrogen-bond donors (Lipinski definition) is 0. The number of amides is 1. The van der Waals surface area contributed by atoms with Gasteiger partial charge >= 0.3 is 6.09 Å². The summed E-state index contributed by atoms with van der Waals surface area (Å²) in [5.74, 6) is 0. The van der Waals surface area contributed by atoms with Crippen molar-refractivity contribution in [3.63, 3.8) is 0 Å². The van der Waals surface area contributed by atoms with Gasteiger partial charge in [-0.2, -0.15) is 0 Å². The Morgan fingerprint density at radius 3 is 2.50 bits per heavy atom. The lowest BCUT2D eigenvalue weighted by Crippen LogP contribution is -2.63. The number of carbonyl (C=O) groups excluding carboxylic acids is 1. The number of carbonyl (C=O) groups is 1. The molecule has 2 fully saturated rings. The number of likely N-dealkylation sites (tertiary alicyclic amines) is 1. The zero-order valence-corrected chi connectivity index (χ0v) is 23.4. The summed E-state index contributed by atoms with van der Waals surface area (Å²) >= 11 is 3.64. The van der Waals surface area contributed by atoms with Crippen molar-refractivity contribution in [2.45, 2.75) is 90.1 Å². The standard InChI is InChI=1S/C27H42BrN3O3/c1-7-33-23-17-20-16-21(28)8-9-22(20)24(23)31-15-14-30(18-19(31)2)27(6)10-12-29(13-11-27)25(32)34-26(3,4)5/h8-9,16,19,23-24H,7,10-15,17-18H2,1-6H3/t19?,23-,24-/m1/s1. The topological polar surface area (TPSA) is 45.2 Å². The summed E-state index contributed by atoms with van der Waals surface area (Å²) < 4.78 is 13.0. The molecule has 0 aromatic heterocycles. The minimum atomic E-state index is -0.447. The van der Waals surface area contributed by atoms with E-state index in [0.29, 0.717) is 12.1 Å². The normalized spacial score (nSPS) is 28.1. The van der Waals surface area contributed by atoms with Crippen molar-refractivity contribution in [2.75, 3.05) is 39.3 Å². The molecule has 0 radical (unpaired) electrons. The Bertz CT molecular complexity index is 878. The first-order valence-electron chi connectivity index (χ1n) is 12.9. The van der Waals surface area contributed by atoms with Gasteiger partial charge in [0.1, 0.15) is 5.60 Å². The van der Waals surface area contributed by atoms with E-state index >= 15 is 0 Å². The molecule has 0 saturated carbocycles. The number of piperazine rings is 1. The van der Waals surface area contributed by atoms with Crippen LogP contribution in [0.1, 0.15) is 71.6 Å². The van der Waals surface area contributed by atoms with Gasteiger partial charge in [-0.05, 0) is 77.6 Å². The van der Waals surface area contributed by atoms with Crippen LogP contribution in [0.5, 0.6) is 0 Å². The molecule has 1 aliphatic carbocycles. The molecule has 1 aromatic rings. The maximum atomic E-state index is 12.5. The van der Waals surface area contributed by atoms with Crippen LogP contribution in [-0.2, 0) is 15.9 Å². The summed E-state index contributed by atoms with van der Waals surface area (Å²) in [7, 11) is 0. The summed E-state index contributed by atoms with van der Waals surface area (Å²) in [4.78, 5) is 19.7. The van der Waals surface area contributed by atoms with Gasteiger partial charge in [-0.1, -0.05) is 22.0 Å². The van der Waals surface area contributed by atoms with E-state index < -0.39 is 5.60 Å². The Morgan fingerprint density at radius 2 is 1.88 bits per heavy atom. The molecule has 7 heteroatoms. The fourth-order valence-corrected chi connectivity index (χ4v) is 6.42. The smallest absolute Gasteiger partial charge is 0.410 e. The highest BCUT2D eigenvalue weighted by Gasteiger charge is 2.44. The van der Waals surface area contributed by atoms with E-state index in [1.165, 1.54) is 11.1 Å². The Morgan fingerprint density at radius 1 is 1.18 bits per heavy atom. The first kappa shape index (κ1) is 25.9. The maximum Gasteiger partial charge on any atom is 0.410 e. The molecule has 2 heterocycles. The number of ether oxygens (including phenoxy) is 2. The average Bonchev–Trinajstić information content (AvgIpc) is 3.10. The van der Waals surface area contributed by atoms with Crippen molar-refractivity contribution in [1.82, 2.24) is 14.7 Å². The van der Waals surface area contributed by atoms with Crippen molar-refractivity contribution in [3.8, 4) is 0 Å². The van der Waals surface area contributed by atoms with Crippen LogP contribution in [0.15, 0.2) is 22.7 Å². The maximum absolute atomic E-state index is 12.5. The molecule has 3 aliphatic rings. The summed E-state index contributed by atoms with van der Waals surface area (Å²) in [5, 5.41) is 0. The van der Waals surface area contributed by atoms with Gasteiger partial charge in [-0.25, -0.2) is 4.79 Å². The van der Waals surface area contributed by atoms with E-state index in [0.717, 1.165) is 63.1 Å². The van der Waals surface area contributed by atoms with Gasteiger partial charge in [-0.3, -0.25) is 9.80 Å². The molecule has 0 N–H and O–H groups in total. The first-order chi connectivity index (χ1) is 16.0. The summed E-state index contributed by atoms with van der Waals surface area (Å²) in [6.07, 6.45) is 3.00. The van der Waals surface area contributed by atoms with Gasteiger partial charge in [0, 0.05) is 61.8 Å². The van der Waals surface area contributed by atoms with Gasteiger partial charge in [0.15, 0.2) is 0 Å². The Labute approximate surface area is 214 Å². The average molecular weight is 537 g/mol. The van der Waals surface area contributed by atoms with Gasteiger partial charge in [-0.15, -0.1) is 0 Å². The molecular weight excluding hydrogens is 494 g/mol. The van der Waals surface area contributed by atoms with E-state index in [1.54, 1.807) is 0 Å². The lowest BCUT2D eigenvalue weighted by Gasteiger charge is -2.53. The lowest BCUT2D eigenvalue weighted by atomic mass is 9.86. The molecule has 2 saturated heterocycles. The minimum Gasteiger partial charge on any atom is -0.444 e. The van der Waals surface area contributed by atoms with E-state index in [1.807, 2.05) is 25.7 Å². The molecule has 1 aromatic carbocycles. The third-order valence-electron chi connectivity index (χ3n) is 7.87. The van der Waals surface area contributed by atoms with Gasteiger partial charge in [0.25, 0.3) is 0 Å². The van der Waals surface area contributed by atoms with Crippen molar-refractivity contribution >= 4 is 22.0 Å². The summed E-state index contributed by atoms with van der Waals surface area (Å²) in [6, 6.07) is 7.48. The molecule has 1 unspecified atom stereocenters. The number of piperidine rings is 1. The Kier molecular flexibility index (Phi) is 7.68. The van der Waals surface area contributed by atoms with E-state index in [4.69, 9.17) is 9.47 Å². The van der Waals surface area contributed by atoms with Crippen LogP contribution in [0, 0.1) is 0 Å². The fourth-order valence-electron chi connectivity index (χ4n) is 6.01. The van der Waals surface area contributed by atoms with Crippen LogP contribution in [0.3, 0.4) is 0 Å². The highest BCUT2D eigenvalue weighted by Crippen LogP contribution is 2.41. The van der Waals surface area contributed by atoms with Crippen molar-refractivity contribution in [2.24, 2.45) is 0 Å². The molecular formula is C27H42BrN3O3. The predicted molar refractivity (Wildman–Crippen MR) is 139 cm³/mol. The van der Waals surface area contributed by atoms with Crippen LogP contribution < -0.4 is 0 Å². The zero-order chi connectivity index (χ0) is 24.7. The monoisotopic (exact) mass is 535 g/mol. The first-order valence-corrected chi connectivity index (χ1v) is 13.7. The number of nitrogens with zero attached hydrogens (tertiary/aromatic N) is 3. The largest absolute Gasteiger partial charge is 0.444 e. The van der Waals surface area contributed by atoms with Crippen LogP contribution >= 0.6 is 15.9 Å². The molecule has 4 rings (SSSR count). The van der Waals surface area contributed by atoms with Crippen molar-refractivity contribution in [3.05, 3.63) is 33.8 Å². The van der Waals surface area contributed by atoms with E-state index in [9.17, 15) is 4.79 Å². The Balaban J connectivity index is 1.40. The van der Waals surface area contributed by atoms with E-state index in [-0.39, 0.29) is 17.7 Å². The summed E-state index contributed by atoms with van der Waals surface area (Å²) in [5.41, 5.74) is 2.52. The number of rotatable bonds is 4. The molecule has 6 nitrogen and oxygen atoms in total. The third kappa shape index (κ3) is 5.48. The Hall–Kier alpha value is -1.15. The van der Waals surface area contributed by atoms with Crippen molar-refractivity contribution < 1.29 is 14.3 Å². The second-order valence-electron chi connectivity index (χ2n) is 11.5. The van der Waals surface area contributed by atoms with Crippen molar-refractivity contribution in [1.29, 1.82) is 0 Å². The molecule has 34 heavy (non-hydrogen) atoms. The van der Waals surface area contributed by atoms with Crippen LogP contribution in [0.25, 0.3) is 0 Å². The number of hydrogen-bond acceptors (Lipinski definition) is 5. The molecule has 1 amide bonds. The van der Waals surface area contributed by atoms with E-state index in [2.05, 4.69) is 64.7 Å². The van der Waals surface area contributed by atoms with Crippen LogP contribution in [0.2, 0.25) is 0 Å². The van der Waals surface area contributed by atoms with Gasteiger partial charge in [0.05, 0.1) is 12.1 Å². The third-order valence-corrected chi connectivity index (χ3v) is 8.36. The number of benzene rings is 1. The second-order valence-corrected chi connectivity index (χ2v) is 12.4. The molecule has 0 spiro atoms. The van der Waals surface area contributed by atoms with Gasteiger partial charge < -0.3 is 14.4 Å². The molecule has 2 aliphatic heterocycles.